The van der Waals surface area contributed by atoms with Gasteiger partial charge in [0.05, 0.1) is 6.10 Å². The molecule has 0 aromatic heterocycles. The van der Waals surface area contributed by atoms with E-state index in [1.54, 1.807) is 11.8 Å². The van der Waals surface area contributed by atoms with Gasteiger partial charge in [0.1, 0.15) is 0 Å². The van der Waals surface area contributed by atoms with Gasteiger partial charge in [-0.25, -0.2) is 0 Å². The number of rotatable bonds is 1. The van der Waals surface area contributed by atoms with Crippen molar-refractivity contribution in [1.82, 2.24) is 0 Å². The van der Waals surface area contributed by atoms with Crippen LogP contribution in [0.25, 0.3) is 0 Å². The molecule has 1 aromatic rings. The zero-order chi connectivity index (χ0) is 10.1. The number of hydrogen-bond donors (Lipinski definition) is 1. The molecule has 0 aliphatic carbocycles. The Kier molecular flexibility index (Phi) is 2.84. The van der Waals surface area contributed by atoms with E-state index in [0.717, 1.165) is 5.75 Å². The Hall–Kier alpha value is -0.470. The number of thioether (sulfide) groups is 1. The standard InChI is InChI=1S/C12H16OS/c1-8(2)12-9-5-3-4-6-11(9)14-7-10(12)13/h3-6,8,10,12-13H,7H2,1-2H3/t10-,12-/m1/s1. The van der Waals surface area contributed by atoms with Crippen LogP contribution in [0.15, 0.2) is 29.2 Å². The molecule has 0 saturated heterocycles. The van der Waals surface area contributed by atoms with Gasteiger partial charge >= 0.3 is 0 Å². The fourth-order valence-electron chi connectivity index (χ4n) is 2.18. The number of fused-ring (bicyclic) bond motifs is 1. The quantitative estimate of drug-likeness (QED) is 0.765. The van der Waals surface area contributed by atoms with E-state index < -0.39 is 0 Å². The third-order valence-electron chi connectivity index (χ3n) is 2.82. The maximum atomic E-state index is 9.97. The molecule has 0 radical (unpaired) electrons. The van der Waals surface area contributed by atoms with Crippen LogP contribution in [-0.4, -0.2) is 17.0 Å². The topological polar surface area (TPSA) is 20.2 Å². The number of hydrogen-bond acceptors (Lipinski definition) is 2. The van der Waals surface area contributed by atoms with Gasteiger partial charge in [-0.15, -0.1) is 11.8 Å². The van der Waals surface area contributed by atoms with E-state index in [2.05, 4.69) is 38.1 Å². The fraction of sp³-hybridized carbons (Fsp3) is 0.500. The van der Waals surface area contributed by atoms with Crippen LogP contribution in [0.2, 0.25) is 0 Å². The second kappa shape index (κ2) is 3.95. The molecule has 1 aliphatic heterocycles. The molecule has 1 aromatic carbocycles. The second-order valence-corrected chi connectivity index (χ2v) is 5.25. The first-order valence-corrected chi connectivity index (χ1v) is 6.08. The highest BCUT2D eigenvalue weighted by Gasteiger charge is 2.30. The van der Waals surface area contributed by atoms with E-state index in [0.29, 0.717) is 11.8 Å². The Morgan fingerprint density at radius 2 is 2.07 bits per heavy atom. The van der Waals surface area contributed by atoms with Crippen molar-refractivity contribution < 1.29 is 5.11 Å². The monoisotopic (exact) mass is 208 g/mol. The van der Waals surface area contributed by atoms with Crippen LogP contribution in [0.4, 0.5) is 0 Å². The summed E-state index contributed by atoms with van der Waals surface area (Å²) >= 11 is 1.77. The minimum atomic E-state index is -0.185. The average Bonchev–Trinajstić information content (AvgIpc) is 2.17. The maximum absolute atomic E-state index is 9.97. The molecule has 0 spiro atoms. The summed E-state index contributed by atoms with van der Waals surface area (Å²) in [4.78, 5) is 1.34. The first-order chi connectivity index (χ1) is 6.70. The molecule has 0 amide bonds. The van der Waals surface area contributed by atoms with Crippen LogP contribution in [0.1, 0.15) is 25.3 Å². The number of aliphatic hydroxyl groups excluding tert-OH is 1. The van der Waals surface area contributed by atoms with Gasteiger partial charge in [-0.05, 0) is 17.5 Å². The molecule has 0 saturated carbocycles. The van der Waals surface area contributed by atoms with Gasteiger partial charge in [0.25, 0.3) is 0 Å². The van der Waals surface area contributed by atoms with Gasteiger partial charge < -0.3 is 5.11 Å². The summed E-state index contributed by atoms with van der Waals surface area (Å²) in [7, 11) is 0. The molecular weight excluding hydrogens is 192 g/mol. The first kappa shape index (κ1) is 10.1. The summed E-state index contributed by atoms with van der Waals surface area (Å²) < 4.78 is 0. The van der Waals surface area contributed by atoms with Crippen molar-refractivity contribution in [2.45, 2.75) is 30.8 Å². The molecule has 0 fully saturated rings. The fourth-order valence-corrected chi connectivity index (χ4v) is 3.28. The Morgan fingerprint density at radius 1 is 1.36 bits per heavy atom. The summed E-state index contributed by atoms with van der Waals surface area (Å²) in [6.45, 7) is 4.36. The minimum absolute atomic E-state index is 0.185. The predicted octanol–water partition coefficient (Wildman–Crippen LogP) is 2.89. The Bertz CT molecular complexity index is 322. The molecule has 14 heavy (non-hydrogen) atoms. The molecule has 1 N–H and O–H groups in total. The normalized spacial score (nSPS) is 26.3. The van der Waals surface area contributed by atoms with Gasteiger partial charge in [-0.2, -0.15) is 0 Å². The average molecular weight is 208 g/mol. The highest BCUT2D eigenvalue weighted by Crippen LogP contribution is 2.40. The zero-order valence-corrected chi connectivity index (χ0v) is 9.42. The lowest BCUT2D eigenvalue weighted by Crippen LogP contribution is -2.28. The second-order valence-electron chi connectivity index (χ2n) is 4.19. The van der Waals surface area contributed by atoms with Crippen molar-refractivity contribution >= 4 is 11.8 Å². The molecule has 76 valence electrons. The Morgan fingerprint density at radius 3 is 2.79 bits per heavy atom. The Labute approximate surface area is 89.5 Å². The zero-order valence-electron chi connectivity index (χ0n) is 8.60. The highest BCUT2D eigenvalue weighted by atomic mass is 32.2. The lowest BCUT2D eigenvalue weighted by Gasteiger charge is -2.32. The molecule has 1 nitrogen and oxygen atoms in total. The largest absolute Gasteiger partial charge is 0.392 e. The van der Waals surface area contributed by atoms with E-state index in [4.69, 9.17) is 0 Å². The molecule has 1 heterocycles. The molecule has 2 rings (SSSR count). The van der Waals surface area contributed by atoms with Crippen LogP contribution in [0.3, 0.4) is 0 Å². The summed E-state index contributed by atoms with van der Waals surface area (Å²) in [5.74, 6) is 1.65. The van der Waals surface area contributed by atoms with Crippen LogP contribution >= 0.6 is 11.8 Å². The molecule has 1 aliphatic rings. The van der Waals surface area contributed by atoms with Crippen molar-refractivity contribution in [2.75, 3.05) is 5.75 Å². The van der Waals surface area contributed by atoms with Gasteiger partial charge in [0.15, 0.2) is 0 Å². The van der Waals surface area contributed by atoms with Crippen molar-refractivity contribution in [3.05, 3.63) is 29.8 Å². The number of benzene rings is 1. The predicted molar refractivity (Wildman–Crippen MR) is 60.8 cm³/mol. The molecule has 0 bridgehead atoms. The maximum Gasteiger partial charge on any atom is 0.0705 e. The van der Waals surface area contributed by atoms with Gasteiger partial charge in [0.2, 0.25) is 0 Å². The van der Waals surface area contributed by atoms with Gasteiger partial charge in [-0.1, -0.05) is 32.0 Å². The van der Waals surface area contributed by atoms with E-state index in [1.807, 2.05) is 0 Å². The SMILES string of the molecule is CC(C)[C@@H]1c2ccccc2SC[C@H]1O. The van der Waals surface area contributed by atoms with E-state index in [1.165, 1.54) is 10.5 Å². The van der Waals surface area contributed by atoms with Crippen LogP contribution in [-0.2, 0) is 0 Å². The lowest BCUT2D eigenvalue weighted by molar-refractivity contribution is 0.141. The van der Waals surface area contributed by atoms with Crippen LogP contribution in [0.5, 0.6) is 0 Å². The van der Waals surface area contributed by atoms with Gasteiger partial charge in [0, 0.05) is 16.6 Å². The van der Waals surface area contributed by atoms with E-state index >= 15 is 0 Å². The molecule has 0 unspecified atom stereocenters. The summed E-state index contributed by atoms with van der Waals surface area (Å²) in [6.07, 6.45) is -0.185. The number of aliphatic hydroxyl groups is 1. The van der Waals surface area contributed by atoms with Crippen molar-refractivity contribution in [3.63, 3.8) is 0 Å². The Balaban J connectivity index is 2.41. The third kappa shape index (κ3) is 1.69. The van der Waals surface area contributed by atoms with Crippen molar-refractivity contribution in [1.29, 1.82) is 0 Å². The van der Waals surface area contributed by atoms with Crippen molar-refractivity contribution in [3.8, 4) is 0 Å². The minimum Gasteiger partial charge on any atom is -0.392 e. The van der Waals surface area contributed by atoms with Crippen LogP contribution < -0.4 is 0 Å². The van der Waals surface area contributed by atoms with Gasteiger partial charge in [-0.3, -0.25) is 0 Å². The molecule has 2 atom stereocenters. The third-order valence-corrected chi connectivity index (χ3v) is 4.01. The highest BCUT2D eigenvalue weighted by molar-refractivity contribution is 7.99. The molecular formula is C12H16OS. The summed E-state index contributed by atoms with van der Waals surface area (Å²) in [5.41, 5.74) is 1.33. The van der Waals surface area contributed by atoms with Crippen LogP contribution in [0, 0.1) is 5.92 Å². The van der Waals surface area contributed by atoms with E-state index in [9.17, 15) is 5.11 Å². The molecule has 2 heteroatoms. The summed E-state index contributed by atoms with van der Waals surface area (Å²) in [5, 5.41) is 9.97. The smallest absolute Gasteiger partial charge is 0.0705 e. The first-order valence-electron chi connectivity index (χ1n) is 5.10. The summed E-state index contributed by atoms with van der Waals surface area (Å²) in [6, 6.07) is 8.43. The lowest BCUT2D eigenvalue weighted by atomic mass is 9.84. The van der Waals surface area contributed by atoms with Crippen molar-refractivity contribution in [2.24, 2.45) is 5.92 Å². The van der Waals surface area contributed by atoms with E-state index in [-0.39, 0.29) is 6.10 Å².